The van der Waals surface area contributed by atoms with Gasteiger partial charge < -0.3 is 9.47 Å². The first-order valence-electron chi connectivity index (χ1n) is 9.88. The lowest BCUT2D eigenvalue weighted by atomic mass is 10.1. The fourth-order valence-corrected chi connectivity index (χ4v) is 4.36. The van der Waals surface area contributed by atoms with Crippen LogP contribution in [0.5, 0.6) is 5.75 Å². The van der Waals surface area contributed by atoms with Gasteiger partial charge in [0.2, 0.25) is 0 Å². The SMILES string of the molecule is COc1ccccc1-c1nnc(SCCN2CCOCC2)n1Cc1ccccc1. The Balaban J connectivity index is 1.58. The van der Waals surface area contributed by atoms with E-state index in [1.807, 2.05) is 30.3 Å². The molecule has 7 heteroatoms. The summed E-state index contributed by atoms with van der Waals surface area (Å²) in [5.74, 6) is 2.61. The van der Waals surface area contributed by atoms with Crippen molar-refractivity contribution >= 4 is 11.8 Å². The first-order chi connectivity index (χ1) is 14.3. The standard InChI is InChI=1S/C22H26N4O2S/c1-27-20-10-6-5-9-19(20)21-23-24-22(26(21)17-18-7-3-2-4-8-18)29-16-13-25-11-14-28-15-12-25/h2-10H,11-17H2,1H3. The van der Waals surface area contributed by atoms with E-state index in [0.29, 0.717) is 0 Å². The molecule has 1 saturated heterocycles. The van der Waals surface area contributed by atoms with Gasteiger partial charge in [-0.2, -0.15) is 0 Å². The van der Waals surface area contributed by atoms with Crippen LogP contribution in [-0.2, 0) is 11.3 Å². The molecule has 1 fully saturated rings. The second kappa shape index (κ2) is 9.91. The van der Waals surface area contributed by atoms with E-state index in [-0.39, 0.29) is 0 Å². The number of aromatic nitrogens is 3. The molecule has 0 N–H and O–H groups in total. The Labute approximate surface area is 175 Å². The molecule has 0 spiro atoms. The number of rotatable bonds is 8. The zero-order valence-electron chi connectivity index (χ0n) is 16.7. The molecule has 6 nitrogen and oxygen atoms in total. The molecule has 0 unspecified atom stereocenters. The minimum atomic E-state index is 0.723. The number of nitrogens with zero attached hydrogens (tertiary/aromatic N) is 4. The van der Waals surface area contributed by atoms with Gasteiger partial charge in [0.05, 0.1) is 32.4 Å². The Morgan fingerprint density at radius 3 is 2.55 bits per heavy atom. The summed E-state index contributed by atoms with van der Waals surface area (Å²) in [5, 5.41) is 9.99. The van der Waals surface area contributed by atoms with Crippen molar-refractivity contribution in [1.29, 1.82) is 0 Å². The van der Waals surface area contributed by atoms with Crippen LogP contribution < -0.4 is 4.74 Å². The van der Waals surface area contributed by atoms with Gasteiger partial charge in [-0.1, -0.05) is 54.2 Å². The smallest absolute Gasteiger partial charge is 0.191 e. The maximum absolute atomic E-state index is 5.57. The summed E-state index contributed by atoms with van der Waals surface area (Å²) in [7, 11) is 1.69. The van der Waals surface area contributed by atoms with Gasteiger partial charge in [0.15, 0.2) is 11.0 Å². The van der Waals surface area contributed by atoms with Gasteiger partial charge >= 0.3 is 0 Å². The molecule has 0 aliphatic carbocycles. The molecular weight excluding hydrogens is 384 g/mol. The van der Waals surface area contributed by atoms with Crippen molar-refractivity contribution in [2.24, 2.45) is 0 Å². The van der Waals surface area contributed by atoms with Crippen LogP contribution in [0.1, 0.15) is 5.56 Å². The van der Waals surface area contributed by atoms with Crippen LogP contribution in [0.2, 0.25) is 0 Å². The molecule has 1 aromatic heterocycles. The van der Waals surface area contributed by atoms with Gasteiger partial charge in [-0.15, -0.1) is 10.2 Å². The Hall–Kier alpha value is -2.35. The average molecular weight is 411 g/mol. The van der Waals surface area contributed by atoms with Crippen molar-refractivity contribution < 1.29 is 9.47 Å². The Morgan fingerprint density at radius 2 is 1.76 bits per heavy atom. The van der Waals surface area contributed by atoms with E-state index >= 15 is 0 Å². The molecule has 4 rings (SSSR count). The minimum absolute atomic E-state index is 0.723. The highest BCUT2D eigenvalue weighted by atomic mass is 32.2. The predicted octanol–water partition coefficient (Wildman–Crippen LogP) is 3.43. The van der Waals surface area contributed by atoms with E-state index in [2.05, 4.69) is 43.9 Å². The fourth-order valence-electron chi connectivity index (χ4n) is 3.42. The summed E-state index contributed by atoms with van der Waals surface area (Å²) in [5.41, 5.74) is 2.18. The van der Waals surface area contributed by atoms with Crippen LogP contribution in [0, 0.1) is 0 Å². The number of para-hydroxylation sites is 1. The average Bonchev–Trinajstić information content (AvgIpc) is 3.17. The Kier molecular flexibility index (Phi) is 6.82. The van der Waals surface area contributed by atoms with Crippen LogP contribution in [0.4, 0.5) is 0 Å². The topological polar surface area (TPSA) is 52.4 Å². The number of hydrogen-bond donors (Lipinski definition) is 0. The van der Waals surface area contributed by atoms with Gasteiger partial charge in [-0.3, -0.25) is 9.47 Å². The zero-order valence-corrected chi connectivity index (χ0v) is 17.5. The molecule has 29 heavy (non-hydrogen) atoms. The first-order valence-corrected chi connectivity index (χ1v) is 10.9. The quantitative estimate of drug-likeness (QED) is 0.531. The molecule has 152 valence electrons. The molecule has 3 aromatic rings. The molecular formula is C22H26N4O2S. The van der Waals surface area contributed by atoms with Crippen LogP contribution in [-0.4, -0.2) is 65.4 Å². The van der Waals surface area contributed by atoms with Gasteiger partial charge in [0.1, 0.15) is 5.75 Å². The summed E-state index contributed by atoms with van der Waals surface area (Å²) in [6.07, 6.45) is 0. The van der Waals surface area contributed by atoms with Crippen molar-refractivity contribution in [2.75, 3.05) is 45.7 Å². The Bertz CT molecular complexity index is 910. The summed E-state index contributed by atoms with van der Waals surface area (Å²) < 4.78 is 13.2. The maximum Gasteiger partial charge on any atom is 0.191 e. The third kappa shape index (κ3) is 4.98. The zero-order chi connectivity index (χ0) is 19.9. The minimum Gasteiger partial charge on any atom is -0.496 e. The molecule has 2 heterocycles. The molecule has 0 atom stereocenters. The van der Waals surface area contributed by atoms with Crippen LogP contribution in [0.25, 0.3) is 11.4 Å². The van der Waals surface area contributed by atoms with Gasteiger partial charge in [-0.25, -0.2) is 0 Å². The number of thioether (sulfide) groups is 1. The molecule has 0 amide bonds. The van der Waals surface area contributed by atoms with E-state index in [1.54, 1.807) is 18.9 Å². The van der Waals surface area contributed by atoms with E-state index in [0.717, 1.165) is 67.4 Å². The lowest BCUT2D eigenvalue weighted by Gasteiger charge is -2.26. The monoisotopic (exact) mass is 410 g/mol. The number of hydrogen-bond acceptors (Lipinski definition) is 6. The van der Waals surface area contributed by atoms with E-state index in [1.165, 1.54) is 5.56 Å². The fraction of sp³-hybridized carbons (Fsp3) is 0.364. The largest absolute Gasteiger partial charge is 0.496 e. The molecule has 1 aliphatic rings. The third-order valence-corrected chi connectivity index (χ3v) is 5.94. The van der Waals surface area contributed by atoms with Gasteiger partial charge in [0, 0.05) is 25.4 Å². The summed E-state index contributed by atoms with van der Waals surface area (Å²) in [6, 6.07) is 18.4. The van der Waals surface area contributed by atoms with Gasteiger partial charge in [0.25, 0.3) is 0 Å². The normalized spacial score (nSPS) is 14.8. The number of benzene rings is 2. The van der Waals surface area contributed by atoms with E-state index in [9.17, 15) is 0 Å². The van der Waals surface area contributed by atoms with Crippen molar-refractivity contribution in [2.45, 2.75) is 11.7 Å². The lowest BCUT2D eigenvalue weighted by Crippen LogP contribution is -2.37. The maximum atomic E-state index is 5.57. The van der Waals surface area contributed by atoms with Crippen molar-refractivity contribution in [3.63, 3.8) is 0 Å². The second-order valence-electron chi connectivity index (χ2n) is 6.88. The molecule has 2 aromatic carbocycles. The molecule has 0 bridgehead atoms. The summed E-state index contributed by atoms with van der Waals surface area (Å²) >= 11 is 1.75. The molecule has 1 aliphatic heterocycles. The molecule has 0 radical (unpaired) electrons. The summed E-state index contributed by atoms with van der Waals surface area (Å²) in [4.78, 5) is 2.44. The number of methoxy groups -OCH3 is 1. The van der Waals surface area contributed by atoms with Gasteiger partial charge in [-0.05, 0) is 17.7 Å². The second-order valence-corrected chi connectivity index (χ2v) is 7.94. The summed E-state index contributed by atoms with van der Waals surface area (Å²) in [6.45, 7) is 5.41. The van der Waals surface area contributed by atoms with Crippen LogP contribution in [0.3, 0.4) is 0 Å². The highest BCUT2D eigenvalue weighted by Gasteiger charge is 2.18. The lowest BCUT2D eigenvalue weighted by molar-refractivity contribution is 0.0410. The third-order valence-electron chi connectivity index (χ3n) is 4.99. The number of ether oxygens (including phenoxy) is 2. The van der Waals surface area contributed by atoms with E-state index in [4.69, 9.17) is 9.47 Å². The Morgan fingerprint density at radius 1 is 1.00 bits per heavy atom. The first kappa shape index (κ1) is 19.9. The molecule has 0 saturated carbocycles. The predicted molar refractivity (Wildman–Crippen MR) is 116 cm³/mol. The van der Waals surface area contributed by atoms with Crippen molar-refractivity contribution in [3.05, 3.63) is 60.2 Å². The van der Waals surface area contributed by atoms with Crippen LogP contribution >= 0.6 is 11.8 Å². The number of morpholine rings is 1. The highest BCUT2D eigenvalue weighted by Crippen LogP contribution is 2.31. The van der Waals surface area contributed by atoms with Crippen molar-refractivity contribution in [3.8, 4) is 17.1 Å². The van der Waals surface area contributed by atoms with Crippen molar-refractivity contribution in [1.82, 2.24) is 19.7 Å². The highest BCUT2D eigenvalue weighted by molar-refractivity contribution is 7.99. The van der Waals surface area contributed by atoms with E-state index < -0.39 is 0 Å². The van der Waals surface area contributed by atoms with Crippen LogP contribution in [0.15, 0.2) is 59.8 Å².